The Balaban J connectivity index is 1.49. The first-order chi connectivity index (χ1) is 18.9. The number of nitrogens with zero attached hydrogens (tertiary/aromatic N) is 2. The number of hydrogen-bond donors (Lipinski definition) is 3. The van der Waals surface area contributed by atoms with Gasteiger partial charge in [0.25, 0.3) is 5.91 Å². The lowest BCUT2D eigenvalue weighted by Gasteiger charge is -2.26. The number of rotatable bonds is 7. The van der Waals surface area contributed by atoms with Gasteiger partial charge in [0.15, 0.2) is 0 Å². The molecule has 8 nitrogen and oxygen atoms in total. The van der Waals surface area contributed by atoms with Gasteiger partial charge in [0, 0.05) is 56.3 Å². The molecule has 0 spiro atoms. The molecule has 0 radical (unpaired) electrons. The van der Waals surface area contributed by atoms with E-state index in [0.717, 1.165) is 39.0 Å². The van der Waals surface area contributed by atoms with E-state index in [4.69, 9.17) is 4.74 Å². The van der Waals surface area contributed by atoms with Crippen molar-refractivity contribution in [3.63, 3.8) is 0 Å². The molecule has 0 unspecified atom stereocenters. The van der Waals surface area contributed by atoms with Gasteiger partial charge in [-0.25, -0.2) is 4.79 Å². The van der Waals surface area contributed by atoms with Crippen LogP contribution in [-0.4, -0.2) is 69.3 Å². The third-order valence-electron chi connectivity index (χ3n) is 6.61. The number of carbonyl (C=O) groups is 2. The highest BCUT2D eigenvalue weighted by Crippen LogP contribution is 2.37. The first-order valence-corrected chi connectivity index (χ1v) is 12.7. The fourth-order valence-corrected chi connectivity index (χ4v) is 4.60. The molecule has 2 fully saturated rings. The number of ether oxygens (including phenoxy) is 1. The van der Waals surface area contributed by atoms with Crippen molar-refractivity contribution in [2.45, 2.75) is 25.2 Å². The van der Waals surface area contributed by atoms with Gasteiger partial charge in [0.1, 0.15) is 0 Å². The second kappa shape index (κ2) is 12.3. The summed E-state index contributed by atoms with van der Waals surface area (Å²) < 4.78 is 84.2. The first-order valence-electron chi connectivity index (χ1n) is 12.7. The molecule has 2 saturated heterocycles. The minimum atomic E-state index is -5.05. The number of carbonyl (C=O) groups excluding carboxylic acids is 2. The van der Waals surface area contributed by atoms with Gasteiger partial charge in [-0.15, -0.1) is 0 Å². The molecule has 2 aliphatic heterocycles. The third-order valence-corrected chi connectivity index (χ3v) is 6.61. The van der Waals surface area contributed by atoms with E-state index in [-0.39, 0.29) is 17.7 Å². The molecule has 2 aromatic rings. The number of alkyl halides is 6. The van der Waals surface area contributed by atoms with Crippen molar-refractivity contribution in [1.29, 1.82) is 0 Å². The van der Waals surface area contributed by atoms with Gasteiger partial charge in [-0.05, 0) is 49.2 Å². The van der Waals surface area contributed by atoms with Crippen LogP contribution >= 0.6 is 0 Å². The SMILES string of the molecule is O=C(Nc1cc(C(F)(F)F)cc(C(F)(F)F)c1)Nc1ccc(N2CCCC2)c(C(=O)NCCN2CCOCC2)c1. The van der Waals surface area contributed by atoms with E-state index < -0.39 is 35.2 Å². The largest absolute Gasteiger partial charge is 0.416 e. The number of anilines is 3. The predicted octanol–water partition coefficient (Wildman–Crippen LogP) is 5.03. The molecular weight excluding hydrogens is 544 g/mol. The molecule has 3 N–H and O–H groups in total. The zero-order valence-corrected chi connectivity index (χ0v) is 21.4. The van der Waals surface area contributed by atoms with E-state index in [1.54, 1.807) is 6.07 Å². The van der Waals surface area contributed by atoms with Crippen LogP contribution in [0.2, 0.25) is 0 Å². The van der Waals surface area contributed by atoms with E-state index in [1.165, 1.54) is 12.1 Å². The van der Waals surface area contributed by atoms with Gasteiger partial charge in [-0.3, -0.25) is 9.69 Å². The van der Waals surface area contributed by atoms with Crippen LogP contribution in [0.25, 0.3) is 0 Å². The second-order valence-electron chi connectivity index (χ2n) is 9.51. The Morgan fingerprint density at radius 3 is 2.00 bits per heavy atom. The molecule has 3 amide bonds. The van der Waals surface area contributed by atoms with Crippen molar-refractivity contribution in [2.75, 3.05) is 68.0 Å². The highest BCUT2D eigenvalue weighted by atomic mass is 19.4. The van der Waals surface area contributed by atoms with Gasteiger partial charge in [0.05, 0.1) is 29.9 Å². The minimum absolute atomic E-state index is 0.0237. The van der Waals surface area contributed by atoms with Crippen LogP contribution in [0.4, 0.5) is 48.2 Å². The summed E-state index contributed by atoms with van der Waals surface area (Å²) >= 11 is 0. The van der Waals surface area contributed by atoms with Crippen LogP contribution in [0.5, 0.6) is 0 Å². The van der Waals surface area contributed by atoms with Gasteiger partial charge in [-0.2, -0.15) is 26.3 Å². The average Bonchev–Trinajstić information content (AvgIpc) is 3.43. The lowest BCUT2D eigenvalue weighted by atomic mass is 10.1. The second-order valence-corrected chi connectivity index (χ2v) is 9.51. The number of amides is 3. The summed E-state index contributed by atoms with van der Waals surface area (Å²) in [5.74, 6) is -0.369. The monoisotopic (exact) mass is 573 g/mol. The number of morpholine rings is 1. The molecule has 2 aromatic carbocycles. The van der Waals surface area contributed by atoms with Crippen molar-refractivity contribution in [2.24, 2.45) is 0 Å². The molecular formula is C26H29F6N5O3. The zero-order chi connectivity index (χ0) is 28.9. The number of hydrogen-bond acceptors (Lipinski definition) is 5. The molecule has 14 heteroatoms. The van der Waals surface area contributed by atoms with Crippen molar-refractivity contribution in [1.82, 2.24) is 10.2 Å². The first kappa shape index (κ1) is 29.5. The van der Waals surface area contributed by atoms with E-state index >= 15 is 0 Å². The maximum absolute atomic E-state index is 13.2. The van der Waals surface area contributed by atoms with Gasteiger partial charge < -0.3 is 25.6 Å². The van der Waals surface area contributed by atoms with Gasteiger partial charge in [-0.1, -0.05) is 0 Å². The maximum Gasteiger partial charge on any atom is 0.416 e. The molecule has 218 valence electrons. The average molecular weight is 574 g/mol. The summed E-state index contributed by atoms with van der Waals surface area (Å²) in [6, 6.07) is 4.35. The summed E-state index contributed by atoms with van der Waals surface area (Å²) in [4.78, 5) is 29.9. The van der Waals surface area contributed by atoms with Crippen LogP contribution in [0, 0.1) is 0 Å². The number of benzene rings is 2. The Bertz CT molecular complexity index is 1180. The lowest BCUT2D eigenvalue weighted by molar-refractivity contribution is -0.143. The van der Waals surface area contributed by atoms with Crippen LogP contribution < -0.4 is 20.9 Å². The standard InChI is InChI=1S/C26H29F6N5O3/c27-25(28,29)17-13-18(26(30,31)32)15-20(14-17)35-24(39)34-19-3-4-22(37-6-1-2-7-37)21(16-19)23(38)33-5-8-36-9-11-40-12-10-36/h3-4,13-16H,1-2,5-12H2,(H,33,38)(H2,34,35,39). The Morgan fingerprint density at radius 2 is 1.40 bits per heavy atom. The van der Waals surface area contributed by atoms with E-state index in [2.05, 4.69) is 15.5 Å². The Hall–Kier alpha value is -3.52. The van der Waals surface area contributed by atoms with E-state index in [9.17, 15) is 35.9 Å². The molecule has 0 atom stereocenters. The minimum Gasteiger partial charge on any atom is -0.379 e. The summed E-state index contributed by atoms with van der Waals surface area (Å²) in [7, 11) is 0. The van der Waals surface area contributed by atoms with Crippen molar-refractivity contribution >= 4 is 29.0 Å². The topological polar surface area (TPSA) is 85.9 Å². The fraction of sp³-hybridized carbons (Fsp3) is 0.462. The maximum atomic E-state index is 13.2. The van der Waals surface area contributed by atoms with Gasteiger partial charge in [0.2, 0.25) is 0 Å². The van der Waals surface area contributed by atoms with Crippen molar-refractivity contribution < 1.29 is 40.7 Å². The predicted molar refractivity (Wildman–Crippen MR) is 137 cm³/mol. The summed E-state index contributed by atoms with van der Waals surface area (Å²) in [6.45, 7) is 5.29. The summed E-state index contributed by atoms with van der Waals surface area (Å²) in [5, 5.41) is 7.30. The van der Waals surface area contributed by atoms with Gasteiger partial charge >= 0.3 is 18.4 Å². The Labute approximate surface area is 226 Å². The number of urea groups is 1. The van der Waals surface area contributed by atoms with Crippen LogP contribution in [0.1, 0.15) is 34.3 Å². The molecule has 40 heavy (non-hydrogen) atoms. The van der Waals surface area contributed by atoms with E-state index in [1.807, 2.05) is 10.2 Å². The fourth-order valence-electron chi connectivity index (χ4n) is 4.60. The molecule has 2 aliphatic rings. The number of halogens is 6. The van der Waals surface area contributed by atoms with Crippen LogP contribution in [0.3, 0.4) is 0 Å². The highest BCUT2D eigenvalue weighted by molar-refractivity contribution is 6.04. The Morgan fingerprint density at radius 1 is 0.800 bits per heavy atom. The molecule has 2 heterocycles. The molecule has 0 bridgehead atoms. The smallest absolute Gasteiger partial charge is 0.379 e. The van der Waals surface area contributed by atoms with Crippen molar-refractivity contribution in [3.05, 3.63) is 53.1 Å². The Kier molecular flexibility index (Phi) is 9.08. The molecule has 0 saturated carbocycles. The number of nitrogens with one attached hydrogen (secondary N) is 3. The zero-order valence-electron chi connectivity index (χ0n) is 21.4. The lowest BCUT2D eigenvalue weighted by Crippen LogP contribution is -2.41. The molecule has 0 aliphatic carbocycles. The molecule has 0 aromatic heterocycles. The summed E-state index contributed by atoms with van der Waals surface area (Å²) in [6.07, 6.45) is -8.19. The third kappa shape index (κ3) is 7.78. The van der Waals surface area contributed by atoms with Crippen molar-refractivity contribution in [3.8, 4) is 0 Å². The van der Waals surface area contributed by atoms with Crippen LogP contribution in [0.15, 0.2) is 36.4 Å². The highest BCUT2D eigenvalue weighted by Gasteiger charge is 2.37. The van der Waals surface area contributed by atoms with Crippen LogP contribution in [-0.2, 0) is 17.1 Å². The quantitative estimate of drug-likeness (QED) is 0.405. The molecule has 4 rings (SSSR count). The normalized spacial score (nSPS) is 16.6. The summed E-state index contributed by atoms with van der Waals surface area (Å²) in [5.41, 5.74) is -2.69. The van der Waals surface area contributed by atoms with E-state index in [0.29, 0.717) is 49.7 Å².